The van der Waals surface area contributed by atoms with Gasteiger partial charge in [-0.1, -0.05) is 51.8 Å². The molecule has 0 atom stereocenters. The first-order valence-electron chi connectivity index (χ1n) is 13.6. The van der Waals surface area contributed by atoms with E-state index in [-0.39, 0.29) is 16.6 Å². The molecule has 0 amide bonds. The average Bonchev–Trinajstić information content (AvgIpc) is 3.53. The van der Waals surface area contributed by atoms with Gasteiger partial charge >= 0.3 is 5.97 Å². The molecule has 4 aliphatic carbocycles. The first kappa shape index (κ1) is 25.7. The quantitative estimate of drug-likeness (QED) is 0.243. The Morgan fingerprint density at radius 2 is 1.70 bits per heavy atom. The molecule has 2 heterocycles. The van der Waals surface area contributed by atoms with Crippen LogP contribution in [0.15, 0.2) is 47.0 Å². The van der Waals surface area contributed by atoms with Crippen molar-refractivity contribution in [1.29, 1.82) is 0 Å². The molecule has 2 bridgehead atoms. The van der Waals surface area contributed by atoms with E-state index in [0.717, 1.165) is 68.3 Å². The van der Waals surface area contributed by atoms with Crippen molar-refractivity contribution in [2.24, 2.45) is 0 Å². The number of halogens is 2. The van der Waals surface area contributed by atoms with Gasteiger partial charge in [0.1, 0.15) is 5.69 Å². The lowest BCUT2D eigenvalue weighted by atomic mass is 9.58. The second-order valence-corrected chi connectivity index (χ2v) is 12.0. The van der Waals surface area contributed by atoms with Gasteiger partial charge in [0.05, 0.1) is 44.6 Å². The van der Waals surface area contributed by atoms with Crippen molar-refractivity contribution in [3.8, 4) is 17.1 Å². The minimum atomic E-state index is -0.966. The van der Waals surface area contributed by atoms with Crippen molar-refractivity contribution in [3.05, 3.63) is 75.4 Å². The summed E-state index contributed by atoms with van der Waals surface area (Å²) in [7, 11) is 0. The number of hydrogen-bond donors (Lipinski definition) is 1. The number of rotatable bonds is 8. The van der Waals surface area contributed by atoms with Crippen molar-refractivity contribution in [2.75, 3.05) is 0 Å². The van der Waals surface area contributed by atoms with E-state index < -0.39 is 5.97 Å². The summed E-state index contributed by atoms with van der Waals surface area (Å²) < 4.78 is 14.3. The largest absolute Gasteiger partial charge is 0.478 e. The zero-order chi connectivity index (χ0) is 27.5. The fourth-order valence-corrected chi connectivity index (χ4v) is 6.78. The molecule has 0 saturated heterocycles. The highest BCUT2D eigenvalue weighted by Crippen LogP contribution is 2.55. The van der Waals surface area contributed by atoms with Crippen LogP contribution in [0.5, 0.6) is 0 Å². The van der Waals surface area contributed by atoms with Crippen molar-refractivity contribution < 1.29 is 19.2 Å². The minimum Gasteiger partial charge on any atom is -0.478 e. The third kappa shape index (κ3) is 4.40. The molecule has 2 aromatic heterocycles. The van der Waals surface area contributed by atoms with Gasteiger partial charge in [0.15, 0.2) is 0 Å². The number of nitrogens with zero attached hydrogens (tertiary/aromatic N) is 5. The number of carboxylic acids is 1. The Labute approximate surface area is 240 Å². The molecule has 4 saturated carbocycles. The number of carbonyl (C=O) groups is 1. The van der Waals surface area contributed by atoms with Gasteiger partial charge < -0.3 is 14.4 Å². The molecule has 0 spiro atoms. The third-order valence-corrected chi connectivity index (χ3v) is 9.48. The molecule has 4 aliphatic rings. The van der Waals surface area contributed by atoms with Gasteiger partial charge in [-0.3, -0.25) is 0 Å². The summed E-state index contributed by atoms with van der Waals surface area (Å²) >= 11 is 13.1. The maximum atomic E-state index is 11.2. The lowest BCUT2D eigenvalue weighted by Gasteiger charge is -2.51. The fraction of sp³-hybridized carbons (Fsp3) is 0.414. The fourth-order valence-electron chi connectivity index (χ4n) is 6.22. The van der Waals surface area contributed by atoms with E-state index >= 15 is 0 Å². The molecule has 4 fully saturated rings. The van der Waals surface area contributed by atoms with Gasteiger partial charge in [0.2, 0.25) is 11.7 Å². The van der Waals surface area contributed by atoms with Crippen molar-refractivity contribution in [1.82, 2.24) is 25.1 Å². The molecule has 1 N–H and O–H groups in total. The second kappa shape index (κ2) is 9.68. The Kier molecular flexibility index (Phi) is 6.21. The normalized spacial score (nSPS) is 23.9. The van der Waals surface area contributed by atoms with E-state index in [1.54, 1.807) is 41.1 Å². The van der Waals surface area contributed by atoms with Gasteiger partial charge in [-0.2, -0.15) is 4.98 Å². The van der Waals surface area contributed by atoms with E-state index in [0.29, 0.717) is 40.0 Å². The summed E-state index contributed by atoms with van der Waals surface area (Å²) in [5.41, 5.74) is 3.10. The maximum Gasteiger partial charge on any atom is 0.335 e. The van der Waals surface area contributed by atoms with E-state index in [9.17, 15) is 4.79 Å². The van der Waals surface area contributed by atoms with Gasteiger partial charge in [-0.05, 0) is 75.6 Å². The van der Waals surface area contributed by atoms with Crippen LogP contribution in [-0.4, -0.2) is 41.8 Å². The predicted octanol–water partition coefficient (Wildman–Crippen LogP) is 6.76. The van der Waals surface area contributed by atoms with Crippen LogP contribution in [0.4, 0.5) is 0 Å². The van der Waals surface area contributed by atoms with E-state index in [1.165, 1.54) is 0 Å². The summed E-state index contributed by atoms with van der Waals surface area (Å²) in [6, 6.07) is 12.0. The Hall–Kier alpha value is -3.27. The van der Waals surface area contributed by atoms with Crippen LogP contribution in [0, 0.1) is 0 Å². The molecule has 4 aromatic rings. The van der Waals surface area contributed by atoms with Crippen LogP contribution < -0.4 is 0 Å². The second-order valence-electron chi connectivity index (χ2n) is 11.2. The van der Waals surface area contributed by atoms with E-state index in [1.807, 2.05) is 6.07 Å². The van der Waals surface area contributed by atoms with Crippen molar-refractivity contribution in [2.45, 2.75) is 74.9 Å². The minimum absolute atomic E-state index is 0.162. The van der Waals surface area contributed by atoms with Gasteiger partial charge in [-0.25, -0.2) is 9.48 Å². The standard InChI is InChI=1S/C29H27Cl2N5O4/c30-20-2-1-3-21(31)24(20)36-22(23(33-35-36)17-4-5-17)16-39-29-13-10-28(11-14-29,12-15-29)27-32-25(34-40-27)18-6-8-19(9-7-18)26(37)38/h1-3,6-9,17H,4-5,10-16H2,(H,37,38). The lowest BCUT2D eigenvalue weighted by molar-refractivity contribution is -0.131. The molecular weight excluding hydrogens is 553 g/mol. The summed E-state index contributed by atoms with van der Waals surface area (Å²) in [4.78, 5) is 15.9. The molecule has 9 nitrogen and oxygen atoms in total. The number of aromatic carboxylic acids is 1. The predicted molar refractivity (Wildman–Crippen MR) is 147 cm³/mol. The van der Waals surface area contributed by atoms with Gasteiger partial charge in [0, 0.05) is 11.5 Å². The summed E-state index contributed by atoms with van der Waals surface area (Å²) in [6.07, 6.45) is 7.58. The molecule has 0 radical (unpaired) electrons. The van der Waals surface area contributed by atoms with Crippen LogP contribution in [0.25, 0.3) is 17.1 Å². The highest BCUT2D eigenvalue weighted by Gasteiger charge is 2.53. The van der Waals surface area contributed by atoms with Gasteiger partial charge in [-0.15, -0.1) is 5.10 Å². The summed E-state index contributed by atoms with van der Waals surface area (Å²) in [5, 5.41) is 23.4. The van der Waals surface area contributed by atoms with Crippen LogP contribution in [-0.2, 0) is 16.8 Å². The molecule has 0 unspecified atom stereocenters. The molecule has 0 aliphatic heterocycles. The van der Waals surface area contributed by atoms with Crippen molar-refractivity contribution >= 4 is 29.2 Å². The highest BCUT2D eigenvalue weighted by molar-refractivity contribution is 6.37. The summed E-state index contributed by atoms with van der Waals surface area (Å²) in [6.45, 7) is 0.393. The topological polar surface area (TPSA) is 116 Å². The van der Waals surface area contributed by atoms with Gasteiger partial charge in [0.25, 0.3) is 0 Å². The monoisotopic (exact) mass is 579 g/mol. The number of para-hydroxylation sites is 1. The Morgan fingerprint density at radius 3 is 2.33 bits per heavy atom. The first-order valence-corrected chi connectivity index (χ1v) is 14.3. The molecule has 2 aromatic carbocycles. The van der Waals surface area contributed by atoms with E-state index in [4.69, 9.17) is 42.6 Å². The molecule has 11 heteroatoms. The number of carboxylic acid groups (broad SMARTS) is 1. The Morgan fingerprint density at radius 1 is 1.02 bits per heavy atom. The number of benzene rings is 2. The molecular formula is C29H27Cl2N5O4. The number of aromatic nitrogens is 5. The van der Waals surface area contributed by atoms with Crippen LogP contribution in [0.2, 0.25) is 10.0 Å². The zero-order valence-electron chi connectivity index (χ0n) is 21.6. The SMILES string of the molecule is O=C(O)c1ccc(-c2noc(C34CCC(OCc5c(C6CC6)nnn5-c5c(Cl)cccc5Cl)(CC3)CC4)n2)cc1. The van der Waals surface area contributed by atoms with Crippen LogP contribution in [0.1, 0.15) is 84.9 Å². The Balaban J connectivity index is 1.08. The van der Waals surface area contributed by atoms with Crippen LogP contribution >= 0.6 is 23.2 Å². The lowest BCUT2D eigenvalue weighted by Crippen LogP contribution is -2.49. The van der Waals surface area contributed by atoms with E-state index in [2.05, 4.69) is 15.5 Å². The van der Waals surface area contributed by atoms with Crippen molar-refractivity contribution in [3.63, 3.8) is 0 Å². The number of ether oxygens (including phenoxy) is 1. The zero-order valence-corrected chi connectivity index (χ0v) is 23.2. The smallest absolute Gasteiger partial charge is 0.335 e. The maximum absolute atomic E-state index is 11.2. The number of hydrogen-bond acceptors (Lipinski definition) is 7. The summed E-state index contributed by atoms with van der Waals surface area (Å²) in [5.74, 6) is 0.575. The third-order valence-electron chi connectivity index (χ3n) is 8.87. The molecule has 206 valence electrons. The highest BCUT2D eigenvalue weighted by atomic mass is 35.5. The first-order chi connectivity index (χ1) is 19.4. The van der Waals surface area contributed by atoms with Crippen LogP contribution in [0.3, 0.4) is 0 Å². The average molecular weight is 580 g/mol. The molecule has 40 heavy (non-hydrogen) atoms. The molecule has 8 rings (SSSR count). The Bertz CT molecular complexity index is 1550. The number of fused-ring (bicyclic) bond motifs is 3.